The average Bonchev–Trinajstić information content (AvgIpc) is 2.38. The number of rotatable bonds is 13. The highest BCUT2D eigenvalue weighted by molar-refractivity contribution is 7.87. The Morgan fingerprint density at radius 3 is 2.29 bits per heavy atom. The van der Waals surface area contributed by atoms with Gasteiger partial charge in [0.15, 0.2) is 0 Å². The van der Waals surface area contributed by atoms with Crippen molar-refractivity contribution in [3.05, 3.63) is 0 Å². The van der Waals surface area contributed by atoms with Gasteiger partial charge in [-0.1, -0.05) is 46.5 Å². The van der Waals surface area contributed by atoms with E-state index in [0.717, 1.165) is 25.8 Å². The zero-order chi connectivity index (χ0) is 16.3. The average molecular weight is 322 g/mol. The van der Waals surface area contributed by atoms with Crippen LogP contribution in [0.1, 0.15) is 66.2 Å². The molecular weight excluding hydrogens is 286 g/mol. The maximum Gasteiger partial charge on any atom is 0.279 e. The van der Waals surface area contributed by atoms with Crippen molar-refractivity contribution in [3.8, 4) is 0 Å². The van der Waals surface area contributed by atoms with Crippen molar-refractivity contribution in [1.82, 2.24) is 14.3 Å². The van der Waals surface area contributed by atoms with Crippen LogP contribution in [-0.2, 0) is 10.2 Å². The van der Waals surface area contributed by atoms with Crippen LogP contribution in [0.15, 0.2) is 0 Å². The molecule has 0 saturated carbocycles. The molecule has 128 valence electrons. The van der Waals surface area contributed by atoms with E-state index in [-0.39, 0.29) is 6.04 Å². The first-order valence-electron chi connectivity index (χ1n) is 8.26. The summed E-state index contributed by atoms with van der Waals surface area (Å²) < 4.78 is 28.5. The molecule has 0 rings (SSSR count). The second-order valence-corrected chi connectivity index (χ2v) is 7.97. The normalized spacial score (nSPS) is 14.0. The topological polar surface area (TPSA) is 61.4 Å². The quantitative estimate of drug-likeness (QED) is 0.512. The van der Waals surface area contributed by atoms with Gasteiger partial charge in [0, 0.05) is 25.7 Å². The first-order chi connectivity index (χ1) is 9.79. The molecule has 0 aliphatic rings. The zero-order valence-corrected chi connectivity index (χ0v) is 15.3. The first kappa shape index (κ1) is 20.8. The molecule has 0 saturated heterocycles. The molecule has 0 spiro atoms. The summed E-state index contributed by atoms with van der Waals surface area (Å²) in [6.45, 7) is 9.67. The van der Waals surface area contributed by atoms with Gasteiger partial charge in [0.1, 0.15) is 0 Å². The molecule has 0 bridgehead atoms. The summed E-state index contributed by atoms with van der Waals surface area (Å²) in [6, 6.07) is 0.441. The fourth-order valence-electron chi connectivity index (χ4n) is 2.09. The summed E-state index contributed by atoms with van der Waals surface area (Å²) in [4.78, 5) is 0. The second-order valence-electron chi connectivity index (χ2n) is 6.16. The van der Waals surface area contributed by atoms with E-state index in [1.807, 2.05) is 6.92 Å². The number of unbranched alkanes of at least 4 members (excludes halogenated alkanes) is 3. The number of hydrogen-bond acceptors (Lipinski definition) is 3. The molecule has 1 unspecified atom stereocenters. The molecule has 5 nitrogen and oxygen atoms in total. The lowest BCUT2D eigenvalue weighted by molar-refractivity contribution is 0.427. The van der Waals surface area contributed by atoms with Gasteiger partial charge >= 0.3 is 0 Å². The molecule has 0 radical (unpaired) electrons. The van der Waals surface area contributed by atoms with Crippen LogP contribution in [-0.4, -0.2) is 44.9 Å². The van der Waals surface area contributed by atoms with Crippen LogP contribution in [0.25, 0.3) is 0 Å². The standard InChI is InChI=1S/C15H35N3O2S/c1-6-7-8-9-11-15(4)17-21(19,20)18(5)13-10-12-16-14(2)3/h14-17H,6-13H2,1-5H3. The first-order valence-corrected chi connectivity index (χ1v) is 9.70. The molecule has 0 aliphatic carbocycles. The lowest BCUT2D eigenvalue weighted by Crippen LogP contribution is -2.43. The molecule has 0 aromatic carbocycles. The third kappa shape index (κ3) is 11.1. The van der Waals surface area contributed by atoms with Crippen molar-refractivity contribution >= 4 is 10.2 Å². The van der Waals surface area contributed by atoms with E-state index in [4.69, 9.17) is 0 Å². The molecule has 21 heavy (non-hydrogen) atoms. The van der Waals surface area contributed by atoms with Crippen LogP contribution >= 0.6 is 0 Å². The molecule has 6 heteroatoms. The van der Waals surface area contributed by atoms with Gasteiger partial charge in [0.05, 0.1) is 0 Å². The smallest absolute Gasteiger partial charge is 0.279 e. The Hall–Kier alpha value is -0.170. The Balaban J connectivity index is 3.98. The van der Waals surface area contributed by atoms with E-state index < -0.39 is 10.2 Å². The van der Waals surface area contributed by atoms with Crippen LogP contribution in [0.3, 0.4) is 0 Å². The van der Waals surface area contributed by atoms with Gasteiger partial charge < -0.3 is 5.32 Å². The molecule has 0 heterocycles. The minimum Gasteiger partial charge on any atom is -0.314 e. The maximum absolute atomic E-state index is 12.2. The molecule has 2 N–H and O–H groups in total. The number of nitrogens with one attached hydrogen (secondary N) is 2. The third-order valence-electron chi connectivity index (χ3n) is 3.45. The Labute approximate surface area is 132 Å². The summed E-state index contributed by atoms with van der Waals surface area (Å²) in [5.41, 5.74) is 0. The summed E-state index contributed by atoms with van der Waals surface area (Å²) in [5, 5.41) is 3.29. The van der Waals surface area contributed by atoms with Gasteiger partial charge in [-0.25, -0.2) is 0 Å². The monoisotopic (exact) mass is 321 g/mol. The van der Waals surface area contributed by atoms with Gasteiger partial charge in [0.25, 0.3) is 10.2 Å². The largest absolute Gasteiger partial charge is 0.314 e. The van der Waals surface area contributed by atoms with E-state index in [9.17, 15) is 8.42 Å². The van der Waals surface area contributed by atoms with Crippen molar-refractivity contribution in [1.29, 1.82) is 0 Å². The predicted octanol–water partition coefficient (Wildman–Crippen LogP) is 2.50. The van der Waals surface area contributed by atoms with Crippen LogP contribution in [0.5, 0.6) is 0 Å². The van der Waals surface area contributed by atoms with Crippen molar-refractivity contribution < 1.29 is 8.42 Å². The molecule has 0 amide bonds. The number of hydrogen-bond donors (Lipinski definition) is 2. The minimum atomic E-state index is -3.35. The van der Waals surface area contributed by atoms with Crippen LogP contribution in [0.2, 0.25) is 0 Å². The van der Waals surface area contributed by atoms with Crippen LogP contribution in [0, 0.1) is 0 Å². The van der Waals surface area contributed by atoms with Gasteiger partial charge in [-0.15, -0.1) is 0 Å². The SMILES string of the molecule is CCCCCCC(C)NS(=O)(=O)N(C)CCCNC(C)C. The van der Waals surface area contributed by atoms with Crippen molar-refractivity contribution in [2.45, 2.75) is 78.3 Å². The highest BCUT2D eigenvalue weighted by atomic mass is 32.2. The maximum atomic E-state index is 12.2. The third-order valence-corrected chi connectivity index (χ3v) is 5.16. The van der Waals surface area contributed by atoms with E-state index in [1.165, 1.54) is 23.6 Å². The summed E-state index contributed by atoms with van der Waals surface area (Å²) in [5.74, 6) is 0. The van der Waals surface area contributed by atoms with E-state index in [2.05, 4.69) is 30.8 Å². The number of nitrogens with zero attached hydrogens (tertiary/aromatic N) is 1. The van der Waals surface area contributed by atoms with E-state index >= 15 is 0 Å². The predicted molar refractivity (Wildman–Crippen MR) is 90.7 cm³/mol. The Morgan fingerprint density at radius 2 is 1.71 bits per heavy atom. The highest BCUT2D eigenvalue weighted by Crippen LogP contribution is 2.07. The summed E-state index contributed by atoms with van der Waals surface area (Å²) in [7, 11) is -1.71. The molecule has 0 aliphatic heterocycles. The lowest BCUT2D eigenvalue weighted by Gasteiger charge is -2.21. The molecule has 1 atom stereocenters. The van der Waals surface area contributed by atoms with E-state index in [0.29, 0.717) is 12.6 Å². The fraction of sp³-hybridized carbons (Fsp3) is 1.00. The zero-order valence-electron chi connectivity index (χ0n) is 14.5. The molecular formula is C15H35N3O2S. The van der Waals surface area contributed by atoms with Crippen molar-refractivity contribution in [2.24, 2.45) is 0 Å². The summed E-state index contributed by atoms with van der Waals surface area (Å²) in [6.07, 6.45) is 6.41. The Bertz CT molecular complexity index is 345. The van der Waals surface area contributed by atoms with Crippen molar-refractivity contribution in [3.63, 3.8) is 0 Å². The fourth-order valence-corrected chi connectivity index (χ4v) is 3.27. The van der Waals surface area contributed by atoms with Crippen LogP contribution < -0.4 is 10.0 Å². The lowest BCUT2D eigenvalue weighted by atomic mass is 10.1. The Kier molecular flexibility index (Phi) is 11.3. The summed E-state index contributed by atoms with van der Waals surface area (Å²) >= 11 is 0. The van der Waals surface area contributed by atoms with Crippen LogP contribution in [0.4, 0.5) is 0 Å². The molecule has 0 aromatic rings. The van der Waals surface area contributed by atoms with Gasteiger partial charge in [0.2, 0.25) is 0 Å². The van der Waals surface area contributed by atoms with Gasteiger partial charge in [-0.3, -0.25) is 0 Å². The van der Waals surface area contributed by atoms with E-state index in [1.54, 1.807) is 7.05 Å². The van der Waals surface area contributed by atoms with Gasteiger partial charge in [-0.05, 0) is 26.3 Å². The van der Waals surface area contributed by atoms with Gasteiger partial charge in [-0.2, -0.15) is 17.4 Å². The molecule has 0 aromatic heterocycles. The minimum absolute atomic E-state index is 0.00287. The molecule has 0 fully saturated rings. The Morgan fingerprint density at radius 1 is 1.05 bits per heavy atom. The van der Waals surface area contributed by atoms with Crippen molar-refractivity contribution in [2.75, 3.05) is 20.1 Å². The second kappa shape index (κ2) is 11.4. The highest BCUT2D eigenvalue weighted by Gasteiger charge is 2.19.